The van der Waals surface area contributed by atoms with Crippen molar-refractivity contribution in [3.63, 3.8) is 0 Å². The molecule has 3 heterocycles. The molecule has 0 atom stereocenters. The Hall–Kier alpha value is -2.99. The largest absolute Gasteiger partial charge is 0.321 e. The molecule has 5 nitrogen and oxygen atoms in total. The predicted molar refractivity (Wildman–Crippen MR) is 90.7 cm³/mol. The molecule has 0 saturated carbocycles. The van der Waals surface area contributed by atoms with Crippen LogP contribution in [0.5, 0.6) is 0 Å². The molecule has 6 heteroatoms. The zero-order chi connectivity index (χ0) is 15.6. The van der Waals surface area contributed by atoms with Gasteiger partial charge in [-0.15, -0.1) is 11.3 Å². The first-order chi connectivity index (χ1) is 11.3. The fourth-order valence-corrected chi connectivity index (χ4v) is 2.95. The first kappa shape index (κ1) is 13.7. The highest BCUT2D eigenvalue weighted by Crippen LogP contribution is 2.23. The molecule has 0 spiro atoms. The summed E-state index contributed by atoms with van der Waals surface area (Å²) >= 11 is 1.58. The van der Waals surface area contributed by atoms with Gasteiger partial charge in [0.15, 0.2) is 0 Å². The zero-order valence-electron chi connectivity index (χ0n) is 12.0. The lowest BCUT2D eigenvalue weighted by Gasteiger charge is -2.03. The van der Waals surface area contributed by atoms with Crippen molar-refractivity contribution in [3.05, 3.63) is 72.1 Å². The van der Waals surface area contributed by atoms with Crippen LogP contribution in [0.15, 0.2) is 66.4 Å². The molecule has 23 heavy (non-hydrogen) atoms. The second-order valence-corrected chi connectivity index (χ2v) is 5.86. The molecular weight excluding hydrogens is 308 g/mol. The van der Waals surface area contributed by atoms with E-state index in [1.54, 1.807) is 23.7 Å². The maximum Gasteiger partial charge on any atom is 0.275 e. The summed E-state index contributed by atoms with van der Waals surface area (Å²) in [5, 5.41) is 5.76. The molecule has 4 aromatic rings. The normalized spacial score (nSPS) is 10.8. The third-order valence-corrected chi connectivity index (χ3v) is 4.24. The molecule has 1 N–H and O–H groups in total. The van der Waals surface area contributed by atoms with E-state index in [2.05, 4.69) is 15.3 Å². The Morgan fingerprint density at radius 1 is 1.13 bits per heavy atom. The topological polar surface area (TPSA) is 59.3 Å². The minimum Gasteiger partial charge on any atom is -0.321 e. The Labute approximate surface area is 136 Å². The van der Waals surface area contributed by atoms with Crippen LogP contribution in [0.1, 0.15) is 10.5 Å². The first-order valence-electron chi connectivity index (χ1n) is 7.05. The molecule has 1 amide bonds. The molecule has 4 rings (SSSR count). The van der Waals surface area contributed by atoms with Gasteiger partial charge in [0.1, 0.15) is 16.3 Å². The molecule has 0 radical (unpaired) electrons. The number of nitrogens with zero attached hydrogens (tertiary/aromatic N) is 3. The van der Waals surface area contributed by atoms with Gasteiger partial charge < -0.3 is 9.72 Å². The van der Waals surface area contributed by atoms with Crippen LogP contribution in [0.25, 0.3) is 16.2 Å². The Morgan fingerprint density at radius 3 is 2.74 bits per heavy atom. The number of carbonyl (C=O) groups is 1. The average Bonchev–Trinajstić information content (AvgIpc) is 3.25. The molecule has 0 aliphatic carbocycles. The Balaban J connectivity index is 1.54. The van der Waals surface area contributed by atoms with Crippen molar-refractivity contribution in [1.29, 1.82) is 0 Å². The number of imidazole rings is 1. The summed E-state index contributed by atoms with van der Waals surface area (Å²) in [4.78, 5) is 20.9. The molecule has 3 aromatic heterocycles. The third-order valence-electron chi connectivity index (χ3n) is 3.42. The van der Waals surface area contributed by atoms with E-state index in [9.17, 15) is 4.79 Å². The molecular formula is C17H12N4OS. The third kappa shape index (κ3) is 2.72. The fraction of sp³-hybridized carbons (Fsp3) is 0. The fourth-order valence-electron chi connectivity index (χ4n) is 2.30. The first-order valence-corrected chi connectivity index (χ1v) is 7.92. The predicted octanol–water partition coefficient (Wildman–Crippen LogP) is 3.71. The van der Waals surface area contributed by atoms with E-state index in [1.807, 2.05) is 58.4 Å². The van der Waals surface area contributed by atoms with Gasteiger partial charge in [-0.1, -0.05) is 6.07 Å². The monoisotopic (exact) mass is 320 g/mol. The number of amides is 1. The van der Waals surface area contributed by atoms with Crippen molar-refractivity contribution in [2.24, 2.45) is 0 Å². The van der Waals surface area contributed by atoms with Crippen LogP contribution in [0.3, 0.4) is 0 Å². The summed E-state index contributed by atoms with van der Waals surface area (Å²) in [7, 11) is 0. The number of aromatic nitrogens is 3. The van der Waals surface area contributed by atoms with E-state index in [0.717, 1.165) is 21.9 Å². The van der Waals surface area contributed by atoms with Crippen LogP contribution < -0.4 is 5.32 Å². The summed E-state index contributed by atoms with van der Waals surface area (Å²) in [6.45, 7) is 0. The van der Waals surface area contributed by atoms with E-state index in [-0.39, 0.29) is 5.91 Å². The minimum absolute atomic E-state index is 0.226. The maximum absolute atomic E-state index is 12.3. The van der Waals surface area contributed by atoms with Crippen molar-refractivity contribution >= 4 is 28.6 Å². The smallest absolute Gasteiger partial charge is 0.275 e. The lowest BCUT2D eigenvalue weighted by Crippen LogP contribution is -2.12. The van der Waals surface area contributed by atoms with Crippen LogP contribution in [-0.2, 0) is 0 Å². The van der Waals surface area contributed by atoms with Gasteiger partial charge in [-0.05, 0) is 36.4 Å². The number of carbonyl (C=O) groups excluding carboxylic acids is 1. The lowest BCUT2D eigenvalue weighted by atomic mass is 10.2. The minimum atomic E-state index is -0.226. The van der Waals surface area contributed by atoms with E-state index in [4.69, 9.17) is 0 Å². The number of pyridine rings is 1. The number of rotatable bonds is 3. The molecule has 0 aliphatic heterocycles. The average molecular weight is 320 g/mol. The molecule has 0 saturated heterocycles. The highest BCUT2D eigenvalue weighted by Gasteiger charge is 2.11. The number of hydrogen-bond donors (Lipinski definition) is 1. The Kier molecular flexibility index (Phi) is 3.36. The molecule has 0 unspecified atom stereocenters. The molecule has 1 aromatic carbocycles. The van der Waals surface area contributed by atoms with Gasteiger partial charge in [0.25, 0.3) is 5.91 Å². The highest BCUT2D eigenvalue weighted by atomic mass is 32.1. The van der Waals surface area contributed by atoms with Crippen molar-refractivity contribution in [2.75, 3.05) is 5.32 Å². The maximum atomic E-state index is 12.3. The second kappa shape index (κ2) is 5.66. The number of thiazole rings is 1. The van der Waals surface area contributed by atoms with Gasteiger partial charge in [0.2, 0.25) is 0 Å². The van der Waals surface area contributed by atoms with Gasteiger partial charge in [0, 0.05) is 35.2 Å². The number of nitrogens with one attached hydrogen (secondary N) is 1. The SMILES string of the molecule is O=C(Nc1ccc(-c2nccs2)cc1)c1cn2ccccc2n1. The number of hydrogen-bond acceptors (Lipinski definition) is 4. The van der Waals surface area contributed by atoms with Gasteiger partial charge in [-0.25, -0.2) is 9.97 Å². The van der Waals surface area contributed by atoms with Crippen LogP contribution in [0.4, 0.5) is 5.69 Å². The lowest BCUT2D eigenvalue weighted by molar-refractivity contribution is 0.102. The van der Waals surface area contributed by atoms with Gasteiger partial charge in [0.05, 0.1) is 0 Å². The Morgan fingerprint density at radius 2 is 2.00 bits per heavy atom. The van der Waals surface area contributed by atoms with Crippen LogP contribution >= 0.6 is 11.3 Å². The van der Waals surface area contributed by atoms with Crippen molar-refractivity contribution in [3.8, 4) is 10.6 Å². The summed E-state index contributed by atoms with van der Waals surface area (Å²) in [6, 6.07) is 13.3. The second-order valence-electron chi connectivity index (χ2n) is 4.96. The number of fused-ring (bicyclic) bond motifs is 1. The van der Waals surface area contributed by atoms with Crippen molar-refractivity contribution in [2.45, 2.75) is 0 Å². The molecule has 0 bridgehead atoms. The van der Waals surface area contributed by atoms with Crippen molar-refractivity contribution in [1.82, 2.24) is 14.4 Å². The van der Waals surface area contributed by atoms with Crippen LogP contribution in [0.2, 0.25) is 0 Å². The van der Waals surface area contributed by atoms with Gasteiger partial charge >= 0.3 is 0 Å². The Bertz CT molecular complexity index is 925. The molecule has 0 aliphatic rings. The van der Waals surface area contributed by atoms with Gasteiger partial charge in [-0.3, -0.25) is 4.79 Å². The van der Waals surface area contributed by atoms with E-state index in [0.29, 0.717) is 5.69 Å². The standard InChI is InChI=1S/C17H12N4OS/c22-16(14-11-21-9-2-1-3-15(21)20-14)19-13-6-4-12(5-7-13)17-18-8-10-23-17/h1-11H,(H,19,22). The summed E-state index contributed by atoms with van der Waals surface area (Å²) in [5.41, 5.74) is 2.90. The highest BCUT2D eigenvalue weighted by molar-refractivity contribution is 7.13. The quantitative estimate of drug-likeness (QED) is 0.626. The summed E-state index contributed by atoms with van der Waals surface area (Å²) in [5.74, 6) is -0.226. The summed E-state index contributed by atoms with van der Waals surface area (Å²) in [6.07, 6.45) is 5.36. The summed E-state index contributed by atoms with van der Waals surface area (Å²) < 4.78 is 1.82. The zero-order valence-corrected chi connectivity index (χ0v) is 12.8. The van der Waals surface area contributed by atoms with E-state index in [1.165, 1.54) is 0 Å². The van der Waals surface area contributed by atoms with Crippen LogP contribution in [-0.4, -0.2) is 20.3 Å². The number of anilines is 1. The molecule has 0 fully saturated rings. The van der Waals surface area contributed by atoms with E-state index >= 15 is 0 Å². The van der Waals surface area contributed by atoms with Crippen molar-refractivity contribution < 1.29 is 4.79 Å². The number of benzene rings is 1. The van der Waals surface area contributed by atoms with E-state index < -0.39 is 0 Å². The van der Waals surface area contributed by atoms with Gasteiger partial charge in [-0.2, -0.15) is 0 Å². The molecule has 112 valence electrons. The van der Waals surface area contributed by atoms with Crippen LogP contribution in [0, 0.1) is 0 Å².